The van der Waals surface area contributed by atoms with E-state index < -0.39 is 34.3 Å². The van der Waals surface area contributed by atoms with Crippen molar-refractivity contribution in [3.63, 3.8) is 0 Å². The molecule has 1 amide bonds. The second kappa shape index (κ2) is 8.08. The maximum absolute atomic E-state index is 14.0. The van der Waals surface area contributed by atoms with E-state index in [0.29, 0.717) is 22.4 Å². The third kappa shape index (κ3) is 3.71. The lowest BCUT2D eigenvalue weighted by molar-refractivity contribution is -0.114. The van der Waals surface area contributed by atoms with Gasteiger partial charge in [-0.05, 0) is 48.9 Å². The highest BCUT2D eigenvalue weighted by molar-refractivity contribution is 7.93. The third-order valence-electron chi connectivity index (χ3n) is 5.19. The fraction of sp³-hybridized carbons (Fsp3) is 0.130. The van der Waals surface area contributed by atoms with E-state index in [9.17, 15) is 22.4 Å². The lowest BCUT2D eigenvalue weighted by Gasteiger charge is -2.31. The second-order valence-electron chi connectivity index (χ2n) is 7.24. The molecule has 0 spiro atoms. The van der Waals surface area contributed by atoms with Gasteiger partial charge < -0.3 is 10.1 Å². The number of sulfonamides is 1. The second-order valence-corrected chi connectivity index (χ2v) is 9.07. The Labute approximate surface area is 184 Å². The van der Waals surface area contributed by atoms with Crippen LogP contribution in [0.5, 0.6) is 0 Å². The molecule has 0 fully saturated rings. The molecule has 32 heavy (non-hydrogen) atoms. The van der Waals surface area contributed by atoms with Gasteiger partial charge in [-0.25, -0.2) is 17.6 Å². The van der Waals surface area contributed by atoms with Crippen molar-refractivity contribution in [1.82, 2.24) is 0 Å². The molecule has 1 N–H and O–H groups in total. The summed E-state index contributed by atoms with van der Waals surface area (Å²) in [7, 11) is -2.81. The van der Waals surface area contributed by atoms with Crippen LogP contribution in [0, 0.1) is 12.7 Å². The molecule has 164 valence electrons. The molecule has 0 atom stereocenters. The average molecular weight is 454 g/mol. The Kier molecular flexibility index (Phi) is 5.43. The van der Waals surface area contributed by atoms with Gasteiger partial charge in [-0.3, -0.25) is 9.10 Å². The summed E-state index contributed by atoms with van der Waals surface area (Å²) in [6, 6.07) is 14.7. The van der Waals surface area contributed by atoms with Crippen LogP contribution in [-0.2, 0) is 19.6 Å². The molecule has 1 heterocycles. The van der Waals surface area contributed by atoms with Gasteiger partial charge in [0.05, 0.1) is 23.3 Å². The topological polar surface area (TPSA) is 92.8 Å². The number of methoxy groups -OCH3 is 1. The molecule has 9 heteroatoms. The zero-order chi connectivity index (χ0) is 23.0. The predicted octanol–water partition coefficient (Wildman–Crippen LogP) is 3.74. The number of nitrogens with zero attached hydrogens (tertiary/aromatic N) is 1. The van der Waals surface area contributed by atoms with Crippen molar-refractivity contribution in [3.8, 4) is 11.1 Å². The number of anilines is 2. The lowest BCUT2D eigenvalue weighted by atomic mass is 10.0. The van der Waals surface area contributed by atoms with Crippen molar-refractivity contribution >= 4 is 33.3 Å². The van der Waals surface area contributed by atoms with Crippen LogP contribution < -0.4 is 9.62 Å². The van der Waals surface area contributed by atoms with Crippen LogP contribution in [0.1, 0.15) is 15.9 Å². The largest absolute Gasteiger partial charge is 0.465 e. The summed E-state index contributed by atoms with van der Waals surface area (Å²) in [5, 5.41) is 2.65. The molecule has 0 radical (unpaired) electrons. The number of hydrogen-bond acceptors (Lipinski definition) is 5. The van der Waals surface area contributed by atoms with E-state index in [-0.39, 0.29) is 16.1 Å². The number of nitrogens with one attached hydrogen (secondary N) is 1. The fourth-order valence-corrected chi connectivity index (χ4v) is 5.24. The van der Waals surface area contributed by atoms with Crippen LogP contribution in [0.25, 0.3) is 11.1 Å². The molecule has 3 aromatic rings. The highest BCUT2D eigenvalue weighted by Gasteiger charge is 2.36. The van der Waals surface area contributed by atoms with Gasteiger partial charge in [-0.2, -0.15) is 0 Å². The first-order valence-corrected chi connectivity index (χ1v) is 11.1. The first kappa shape index (κ1) is 21.5. The normalized spacial score (nSPS) is 13.7. The van der Waals surface area contributed by atoms with Crippen molar-refractivity contribution in [1.29, 1.82) is 0 Å². The molecule has 0 bridgehead atoms. The average Bonchev–Trinajstić information content (AvgIpc) is 2.78. The van der Waals surface area contributed by atoms with Gasteiger partial charge in [0, 0.05) is 16.8 Å². The summed E-state index contributed by atoms with van der Waals surface area (Å²) in [6.45, 7) is 1.21. The van der Waals surface area contributed by atoms with Crippen molar-refractivity contribution in [3.05, 3.63) is 77.6 Å². The number of carbonyl (C=O) groups is 2. The van der Waals surface area contributed by atoms with Crippen LogP contribution in [0.15, 0.2) is 65.6 Å². The molecule has 0 aromatic heterocycles. The molecule has 4 rings (SSSR count). The Bertz CT molecular complexity index is 1350. The number of benzene rings is 3. The Morgan fingerprint density at radius 1 is 1.03 bits per heavy atom. The highest BCUT2D eigenvalue weighted by Crippen LogP contribution is 2.43. The zero-order valence-electron chi connectivity index (χ0n) is 17.3. The van der Waals surface area contributed by atoms with Gasteiger partial charge in [0.1, 0.15) is 12.4 Å². The quantitative estimate of drug-likeness (QED) is 0.607. The molecule has 1 aliphatic rings. The van der Waals surface area contributed by atoms with Crippen molar-refractivity contribution < 1.29 is 27.1 Å². The SMILES string of the molecule is COC(=O)c1ccc(C)c(NC(=O)CN2c3ccc(F)cc3-c3ccccc3S2(=O)=O)c1. The summed E-state index contributed by atoms with van der Waals surface area (Å²) in [5.41, 5.74) is 2.24. The van der Waals surface area contributed by atoms with Gasteiger partial charge in [0.25, 0.3) is 10.0 Å². The Morgan fingerprint density at radius 2 is 1.78 bits per heavy atom. The number of rotatable bonds is 4. The number of halogens is 1. The molecule has 0 aliphatic carbocycles. The standard InChI is InChI=1S/C23H19FN2O5S/c1-14-7-8-15(23(28)31-2)11-19(14)25-22(27)13-26-20-10-9-16(24)12-18(20)17-5-3-4-6-21(17)32(26,29)30/h3-12H,13H2,1-2H3,(H,25,27). The minimum Gasteiger partial charge on any atom is -0.465 e. The summed E-state index contributed by atoms with van der Waals surface area (Å²) in [4.78, 5) is 24.6. The van der Waals surface area contributed by atoms with E-state index >= 15 is 0 Å². The molecule has 1 aliphatic heterocycles. The molecular weight excluding hydrogens is 435 g/mol. The van der Waals surface area contributed by atoms with Crippen LogP contribution >= 0.6 is 0 Å². The summed E-state index contributed by atoms with van der Waals surface area (Å²) < 4.78 is 46.2. The highest BCUT2D eigenvalue weighted by atomic mass is 32.2. The molecule has 7 nitrogen and oxygen atoms in total. The summed E-state index contributed by atoms with van der Waals surface area (Å²) >= 11 is 0. The van der Waals surface area contributed by atoms with Crippen molar-refractivity contribution in [2.75, 3.05) is 23.3 Å². The van der Waals surface area contributed by atoms with E-state index in [1.165, 1.54) is 31.4 Å². The van der Waals surface area contributed by atoms with Crippen LogP contribution in [0.4, 0.5) is 15.8 Å². The Morgan fingerprint density at radius 3 is 2.53 bits per heavy atom. The van der Waals surface area contributed by atoms with Crippen LogP contribution in [0.3, 0.4) is 0 Å². The predicted molar refractivity (Wildman–Crippen MR) is 118 cm³/mol. The molecule has 0 unspecified atom stereocenters. The molecule has 3 aromatic carbocycles. The monoisotopic (exact) mass is 454 g/mol. The van der Waals surface area contributed by atoms with E-state index in [2.05, 4.69) is 5.32 Å². The van der Waals surface area contributed by atoms with Crippen molar-refractivity contribution in [2.45, 2.75) is 11.8 Å². The number of ether oxygens (including phenoxy) is 1. The summed E-state index contributed by atoms with van der Waals surface area (Å²) in [6.07, 6.45) is 0. The smallest absolute Gasteiger partial charge is 0.337 e. The van der Waals surface area contributed by atoms with E-state index in [4.69, 9.17) is 4.74 Å². The van der Waals surface area contributed by atoms with Gasteiger partial charge in [-0.1, -0.05) is 24.3 Å². The first-order chi connectivity index (χ1) is 15.2. The number of hydrogen-bond donors (Lipinski definition) is 1. The number of esters is 1. The first-order valence-electron chi connectivity index (χ1n) is 9.63. The number of aryl methyl sites for hydroxylation is 1. The number of carbonyl (C=O) groups excluding carboxylic acids is 2. The fourth-order valence-electron chi connectivity index (χ4n) is 3.60. The van der Waals surface area contributed by atoms with Gasteiger partial charge in [0.15, 0.2) is 0 Å². The Hall–Kier alpha value is -3.72. The molecule has 0 saturated carbocycles. The van der Waals surface area contributed by atoms with Crippen LogP contribution in [-0.4, -0.2) is 33.9 Å². The number of fused-ring (bicyclic) bond motifs is 3. The lowest BCUT2D eigenvalue weighted by Crippen LogP contribution is -2.40. The molecular formula is C23H19FN2O5S. The van der Waals surface area contributed by atoms with Gasteiger partial charge >= 0.3 is 5.97 Å². The maximum Gasteiger partial charge on any atom is 0.337 e. The van der Waals surface area contributed by atoms with E-state index in [1.54, 1.807) is 37.3 Å². The minimum atomic E-state index is -4.06. The van der Waals surface area contributed by atoms with Gasteiger partial charge in [0.2, 0.25) is 5.91 Å². The van der Waals surface area contributed by atoms with E-state index in [0.717, 1.165) is 10.4 Å². The summed E-state index contributed by atoms with van der Waals surface area (Å²) in [5.74, 6) is -1.70. The van der Waals surface area contributed by atoms with Crippen LogP contribution in [0.2, 0.25) is 0 Å². The maximum atomic E-state index is 14.0. The Balaban J connectivity index is 1.69. The molecule has 0 saturated heterocycles. The van der Waals surface area contributed by atoms with Gasteiger partial charge in [-0.15, -0.1) is 0 Å². The van der Waals surface area contributed by atoms with Crippen molar-refractivity contribution in [2.24, 2.45) is 0 Å². The zero-order valence-corrected chi connectivity index (χ0v) is 18.1. The third-order valence-corrected chi connectivity index (χ3v) is 7.01. The minimum absolute atomic E-state index is 0.00484. The van der Waals surface area contributed by atoms with E-state index in [1.807, 2.05) is 0 Å². The number of amides is 1.